The predicted octanol–water partition coefficient (Wildman–Crippen LogP) is 1.79. The van der Waals surface area contributed by atoms with Gasteiger partial charge in [0.25, 0.3) is 0 Å². The molecule has 1 heterocycles. The van der Waals surface area contributed by atoms with Gasteiger partial charge in [0.1, 0.15) is 16.4 Å². The first-order valence-electron chi connectivity index (χ1n) is 6.66. The number of rotatable bonds is 6. The molecule has 0 aliphatic heterocycles. The Morgan fingerprint density at radius 2 is 1.95 bits per heavy atom. The molecule has 2 rings (SSSR count). The van der Waals surface area contributed by atoms with Crippen molar-refractivity contribution in [3.8, 4) is 0 Å². The van der Waals surface area contributed by atoms with Crippen LogP contribution in [0.4, 0.5) is 0 Å². The molecule has 6 heteroatoms. The fourth-order valence-corrected chi connectivity index (χ4v) is 3.70. The summed E-state index contributed by atoms with van der Waals surface area (Å²) in [5.41, 5.74) is 0.768. The number of aryl methyl sites for hydroxylation is 2. The van der Waals surface area contributed by atoms with Gasteiger partial charge in [-0.1, -0.05) is 6.92 Å². The second kappa shape index (κ2) is 5.26. The minimum Gasteiger partial charge on any atom is -0.465 e. The molecule has 1 saturated carbocycles. The van der Waals surface area contributed by atoms with E-state index in [1.807, 2.05) is 13.8 Å². The predicted molar refractivity (Wildman–Crippen MR) is 73.5 cm³/mol. The van der Waals surface area contributed by atoms with Gasteiger partial charge in [-0.15, -0.1) is 0 Å². The van der Waals surface area contributed by atoms with E-state index < -0.39 is 10.0 Å². The first-order valence-corrected chi connectivity index (χ1v) is 8.10. The van der Waals surface area contributed by atoms with Crippen LogP contribution in [0.1, 0.15) is 36.8 Å². The van der Waals surface area contributed by atoms with Gasteiger partial charge in [-0.3, -0.25) is 0 Å². The zero-order chi connectivity index (χ0) is 14.2. The number of hydrogen-bond donors (Lipinski definition) is 1. The second-order valence-corrected chi connectivity index (χ2v) is 7.08. The lowest BCUT2D eigenvalue weighted by atomic mass is 10.2. The molecule has 1 aromatic heterocycles. The summed E-state index contributed by atoms with van der Waals surface area (Å²) in [5, 5.41) is 3.35. The van der Waals surface area contributed by atoms with E-state index >= 15 is 0 Å². The molecule has 0 spiro atoms. The highest BCUT2D eigenvalue weighted by Gasteiger charge is 2.30. The Hall–Kier alpha value is -0.850. The Labute approximate surface area is 115 Å². The van der Waals surface area contributed by atoms with Crippen molar-refractivity contribution in [2.24, 2.45) is 0 Å². The number of furan rings is 1. The Kier molecular flexibility index (Phi) is 4.03. The number of sulfonamides is 1. The highest BCUT2D eigenvalue weighted by molar-refractivity contribution is 7.89. The zero-order valence-corrected chi connectivity index (χ0v) is 12.8. The van der Waals surface area contributed by atoms with E-state index in [1.54, 1.807) is 14.0 Å². The molecule has 1 aliphatic rings. The molecular weight excluding hydrogens is 264 g/mol. The van der Waals surface area contributed by atoms with Crippen LogP contribution >= 0.6 is 0 Å². The molecule has 108 valence electrons. The normalized spacial score (nSPS) is 16.3. The minimum absolute atomic E-state index is 0.336. The maximum Gasteiger partial charge on any atom is 0.246 e. The Bertz CT molecular complexity index is 559. The van der Waals surface area contributed by atoms with Gasteiger partial charge in [-0.25, -0.2) is 12.7 Å². The lowest BCUT2D eigenvalue weighted by Gasteiger charge is -2.15. The average Bonchev–Trinajstić information content (AvgIpc) is 3.11. The first kappa shape index (κ1) is 14.6. The minimum atomic E-state index is -3.46. The summed E-state index contributed by atoms with van der Waals surface area (Å²) in [6.45, 7) is 6.36. The summed E-state index contributed by atoms with van der Waals surface area (Å²) in [4.78, 5) is 0.336. The third-order valence-corrected chi connectivity index (χ3v) is 5.71. The van der Waals surface area contributed by atoms with Crippen molar-refractivity contribution in [2.75, 3.05) is 13.6 Å². The van der Waals surface area contributed by atoms with E-state index in [2.05, 4.69) is 5.32 Å². The SMILES string of the molecule is CCN(C)S(=O)(=O)c1c(C)oc(C)c1CNC1CC1. The quantitative estimate of drug-likeness (QED) is 0.866. The second-order valence-electron chi connectivity index (χ2n) is 5.10. The summed E-state index contributed by atoms with van der Waals surface area (Å²) >= 11 is 0. The molecular formula is C13H22N2O3S. The number of hydrogen-bond acceptors (Lipinski definition) is 4. The lowest BCUT2D eigenvalue weighted by molar-refractivity contribution is 0.474. The Morgan fingerprint density at radius 1 is 1.32 bits per heavy atom. The van der Waals surface area contributed by atoms with Crippen LogP contribution in [0.3, 0.4) is 0 Å². The third kappa shape index (κ3) is 2.85. The molecule has 0 unspecified atom stereocenters. The fraction of sp³-hybridized carbons (Fsp3) is 0.692. The largest absolute Gasteiger partial charge is 0.465 e. The molecule has 0 aromatic carbocycles. The van der Waals surface area contributed by atoms with Crippen molar-refractivity contribution in [1.82, 2.24) is 9.62 Å². The Balaban J connectivity index is 2.37. The van der Waals surface area contributed by atoms with Crippen LogP contribution < -0.4 is 5.32 Å². The van der Waals surface area contributed by atoms with Crippen LogP contribution in [0, 0.1) is 13.8 Å². The van der Waals surface area contributed by atoms with Gasteiger partial charge in [0, 0.05) is 31.7 Å². The summed E-state index contributed by atoms with van der Waals surface area (Å²) in [6.07, 6.45) is 2.35. The highest BCUT2D eigenvalue weighted by Crippen LogP contribution is 2.29. The van der Waals surface area contributed by atoms with Crippen molar-refractivity contribution in [3.63, 3.8) is 0 Å². The van der Waals surface area contributed by atoms with Crippen molar-refractivity contribution in [3.05, 3.63) is 17.1 Å². The van der Waals surface area contributed by atoms with E-state index in [0.29, 0.717) is 35.5 Å². The standard InChI is InChI=1S/C13H22N2O3S/c1-5-15(4)19(16,17)13-10(3)18-9(2)12(13)8-14-11-6-7-11/h11,14H,5-8H2,1-4H3. The van der Waals surface area contributed by atoms with Gasteiger partial charge in [0.05, 0.1) is 0 Å². The van der Waals surface area contributed by atoms with Gasteiger partial charge in [0.15, 0.2) is 0 Å². The lowest BCUT2D eigenvalue weighted by Crippen LogP contribution is -2.28. The van der Waals surface area contributed by atoms with Crippen LogP contribution in [-0.4, -0.2) is 32.4 Å². The van der Waals surface area contributed by atoms with E-state index in [4.69, 9.17) is 4.42 Å². The van der Waals surface area contributed by atoms with Gasteiger partial charge < -0.3 is 9.73 Å². The molecule has 0 radical (unpaired) electrons. The molecule has 0 saturated heterocycles. The fourth-order valence-electron chi connectivity index (χ4n) is 2.11. The molecule has 1 N–H and O–H groups in total. The molecule has 5 nitrogen and oxygen atoms in total. The van der Waals surface area contributed by atoms with Crippen LogP contribution in [0.5, 0.6) is 0 Å². The van der Waals surface area contributed by atoms with Crippen molar-refractivity contribution < 1.29 is 12.8 Å². The van der Waals surface area contributed by atoms with Crippen LogP contribution in [0.15, 0.2) is 9.31 Å². The van der Waals surface area contributed by atoms with E-state index in [-0.39, 0.29) is 0 Å². The maximum atomic E-state index is 12.5. The number of nitrogens with one attached hydrogen (secondary N) is 1. The molecule has 1 fully saturated rings. The van der Waals surface area contributed by atoms with E-state index in [9.17, 15) is 8.42 Å². The van der Waals surface area contributed by atoms with E-state index in [0.717, 1.165) is 5.56 Å². The van der Waals surface area contributed by atoms with Gasteiger partial charge in [-0.2, -0.15) is 0 Å². The molecule has 0 atom stereocenters. The zero-order valence-electron chi connectivity index (χ0n) is 12.0. The maximum absolute atomic E-state index is 12.5. The van der Waals surface area contributed by atoms with Crippen molar-refractivity contribution >= 4 is 10.0 Å². The van der Waals surface area contributed by atoms with Crippen LogP contribution in [-0.2, 0) is 16.6 Å². The highest BCUT2D eigenvalue weighted by atomic mass is 32.2. The molecule has 0 amide bonds. The number of nitrogens with zero attached hydrogens (tertiary/aromatic N) is 1. The van der Waals surface area contributed by atoms with Crippen LogP contribution in [0.25, 0.3) is 0 Å². The smallest absolute Gasteiger partial charge is 0.246 e. The summed E-state index contributed by atoms with van der Waals surface area (Å²) in [7, 11) is -1.86. The van der Waals surface area contributed by atoms with Gasteiger partial charge in [-0.05, 0) is 26.7 Å². The Morgan fingerprint density at radius 3 is 2.47 bits per heavy atom. The van der Waals surface area contributed by atoms with Crippen LogP contribution in [0.2, 0.25) is 0 Å². The molecule has 1 aliphatic carbocycles. The van der Waals surface area contributed by atoms with Crippen molar-refractivity contribution in [2.45, 2.75) is 51.1 Å². The topological polar surface area (TPSA) is 62.6 Å². The molecule has 19 heavy (non-hydrogen) atoms. The van der Waals surface area contributed by atoms with Crippen molar-refractivity contribution in [1.29, 1.82) is 0 Å². The summed E-state index contributed by atoms with van der Waals surface area (Å²) in [6, 6.07) is 0.536. The molecule has 0 bridgehead atoms. The van der Waals surface area contributed by atoms with Gasteiger partial charge >= 0.3 is 0 Å². The molecule has 1 aromatic rings. The first-order chi connectivity index (χ1) is 8.87. The van der Waals surface area contributed by atoms with E-state index in [1.165, 1.54) is 17.1 Å². The van der Waals surface area contributed by atoms with Gasteiger partial charge in [0.2, 0.25) is 10.0 Å². The summed E-state index contributed by atoms with van der Waals surface area (Å²) < 4.78 is 31.9. The summed E-state index contributed by atoms with van der Waals surface area (Å²) in [5.74, 6) is 1.17. The monoisotopic (exact) mass is 286 g/mol. The third-order valence-electron chi connectivity index (χ3n) is 3.58. The average molecular weight is 286 g/mol.